The van der Waals surface area contributed by atoms with Crippen LogP contribution in [0.5, 0.6) is 5.75 Å². The molecule has 0 heterocycles. The van der Waals surface area contributed by atoms with Crippen LogP contribution in [0.25, 0.3) is 0 Å². The Morgan fingerprint density at radius 3 is 2.53 bits per heavy atom. The van der Waals surface area contributed by atoms with Crippen LogP contribution in [0.15, 0.2) is 18.2 Å². The molecule has 1 aromatic carbocycles. The minimum atomic E-state index is -2.49. The maximum absolute atomic E-state index is 12.7. The summed E-state index contributed by atoms with van der Waals surface area (Å²) in [6.45, 7) is 6.32. The summed E-state index contributed by atoms with van der Waals surface area (Å²) < 4.78 is 30.8. The van der Waals surface area contributed by atoms with E-state index in [1.165, 1.54) is 5.56 Å². The van der Waals surface area contributed by atoms with E-state index < -0.39 is 11.8 Å². The van der Waals surface area contributed by atoms with Crippen LogP contribution in [0.4, 0.5) is 8.78 Å². The topological polar surface area (TPSA) is 9.23 Å². The van der Waals surface area contributed by atoms with Gasteiger partial charge >= 0.3 is 0 Å². The van der Waals surface area contributed by atoms with E-state index in [0.29, 0.717) is 5.92 Å². The van der Waals surface area contributed by atoms with Gasteiger partial charge in [-0.25, -0.2) is 8.78 Å². The SMILES string of the molecule is Cc1cc(C(C)C)ccc1OCC1CC1(F)F. The van der Waals surface area contributed by atoms with Crippen LogP contribution >= 0.6 is 0 Å². The van der Waals surface area contributed by atoms with Crippen LogP contribution in [0, 0.1) is 12.8 Å². The molecular weight excluding hydrogens is 222 g/mol. The van der Waals surface area contributed by atoms with Crippen molar-refractivity contribution in [2.24, 2.45) is 5.92 Å². The van der Waals surface area contributed by atoms with Crippen LogP contribution in [0.1, 0.15) is 37.3 Å². The zero-order chi connectivity index (χ0) is 12.6. The normalized spacial score (nSPS) is 21.6. The lowest BCUT2D eigenvalue weighted by molar-refractivity contribution is 0.0855. The van der Waals surface area contributed by atoms with Gasteiger partial charge in [0, 0.05) is 6.42 Å². The molecule has 0 saturated heterocycles. The van der Waals surface area contributed by atoms with E-state index in [9.17, 15) is 8.78 Å². The number of rotatable bonds is 4. The van der Waals surface area contributed by atoms with Crippen molar-refractivity contribution < 1.29 is 13.5 Å². The number of hydrogen-bond donors (Lipinski definition) is 0. The first kappa shape index (κ1) is 12.3. The minimum Gasteiger partial charge on any atom is -0.493 e. The Labute approximate surface area is 101 Å². The summed E-state index contributed by atoms with van der Waals surface area (Å²) in [6.07, 6.45) is -0.0316. The lowest BCUT2D eigenvalue weighted by atomic mass is 10.0. The molecule has 1 fully saturated rings. The Balaban J connectivity index is 1.97. The van der Waals surface area contributed by atoms with Gasteiger partial charge in [0.2, 0.25) is 0 Å². The van der Waals surface area contributed by atoms with Gasteiger partial charge < -0.3 is 4.74 Å². The molecule has 0 aliphatic heterocycles. The van der Waals surface area contributed by atoms with Crippen molar-refractivity contribution in [2.45, 2.75) is 39.0 Å². The second-order valence-electron chi connectivity index (χ2n) is 5.15. The van der Waals surface area contributed by atoms with Gasteiger partial charge in [-0.15, -0.1) is 0 Å². The highest BCUT2D eigenvalue weighted by Gasteiger charge is 2.57. The Morgan fingerprint density at radius 1 is 1.41 bits per heavy atom. The summed E-state index contributed by atoms with van der Waals surface area (Å²) in [6, 6.07) is 5.94. The van der Waals surface area contributed by atoms with Crippen molar-refractivity contribution in [3.63, 3.8) is 0 Å². The first-order chi connectivity index (χ1) is 7.90. The highest BCUT2D eigenvalue weighted by molar-refractivity contribution is 5.37. The molecule has 3 heteroatoms. The number of benzene rings is 1. The fourth-order valence-electron chi connectivity index (χ4n) is 1.83. The molecule has 94 valence electrons. The molecule has 17 heavy (non-hydrogen) atoms. The van der Waals surface area contributed by atoms with Gasteiger partial charge in [-0.3, -0.25) is 0 Å². The predicted molar refractivity (Wildman–Crippen MR) is 63.8 cm³/mol. The molecule has 1 unspecified atom stereocenters. The van der Waals surface area contributed by atoms with Gasteiger partial charge in [-0.1, -0.05) is 26.0 Å². The van der Waals surface area contributed by atoms with Crippen LogP contribution in [0.3, 0.4) is 0 Å². The predicted octanol–water partition coefficient (Wildman–Crippen LogP) is 4.15. The molecule has 0 N–H and O–H groups in total. The van der Waals surface area contributed by atoms with E-state index in [4.69, 9.17) is 4.74 Å². The van der Waals surface area contributed by atoms with Gasteiger partial charge in [0.1, 0.15) is 5.75 Å². The molecule has 1 nitrogen and oxygen atoms in total. The number of halogens is 2. The average Bonchev–Trinajstić information content (AvgIpc) is 2.84. The summed E-state index contributed by atoms with van der Waals surface area (Å²) in [7, 11) is 0. The van der Waals surface area contributed by atoms with Gasteiger partial charge in [0.25, 0.3) is 5.92 Å². The summed E-state index contributed by atoms with van der Waals surface area (Å²) in [5, 5.41) is 0. The van der Waals surface area contributed by atoms with Crippen LogP contribution in [0.2, 0.25) is 0 Å². The third-order valence-corrected chi connectivity index (χ3v) is 3.26. The Morgan fingerprint density at radius 2 is 2.06 bits per heavy atom. The highest BCUT2D eigenvalue weighted by Crippen LogP contribution is 2.48. The molecule has 1 aromatic rings. The monoisotopic (exact) mass is 240 g/mol. The first-order valence-corrected chi connectivity index (χ1v) is 6.01. The van der Waals surface area contributed by atoms with E-state index in [1.54, 1.807) is 0 Å². The third kappa shape index (κ3) is 2.76. The van der Waals surface area contributed by atoms with Crippen LogP contribution < -0.4 is 4.74 Å². The van der Waals surface area contributed by atoms with Crippen molar-refractivity contribution in [1.29, 1.82) is 0 Å². The summed E-state index contributed by atoms with van der Waals surface area (Å²) >= 11 is 0. The molecule has 1 atom stereocenters. The lowest BCUT2D eigenvalue weighted by Gasteiger charge is -2.12. The molecule has 2 rings (SSSR count). The molecule has 1 aliphatic carbocycles. The van der Waals surface area contributed by atoms with E-state index in [1.807, 2.05) is 19.1 Å². The van der Waals surface area contributed by atoms with Gasteiger partial charge in [0.05, 0.1) is 12.5 Å². The minimum absolute atomic E-state index is 0.0316. The van der Waals surface area contributed by atoms with E-state index >= 15 is 0 Å². The largest absolute Gasteiger partial charge is 0.493 e. The standard InChI is InChI=1S/C14H18F2O/c1-9(2)11-4-5-13(10(3)6-11)17-8-12-7-14(12,15)16/h4-6,9,12H,7-8H2,1-3H3. The van der Waals surface area contributed by atoms with E-state index in [0.717, 1.165) is 11.3 Å². The third-order valence-electron chi connectivity index (χ3n) is 3.26. The fourth-order valence-corrected chi connectivity index (χ4v) is 1.83. The lowest BCUT2D eigenvalue weighted by Crippen LogP contribution is -2.06. The summed E-state index contributed by atoms with van der Waals surface area (Å²) in [5.41, 5.74) is 2.26. The van der Waals surface area contributed by atoms with E-state index in [2.05, 4.69) is 19.9 Å². The first-order valence-electron chi connectivity index (χ1n) is 6.01. The summed E-state index contributed by atoms with van der Waals surface area (Å²) in [4.78, 5) is 0. The van der Waals surface area contributed by atoms with Gasteiger partial charge in [-0.05, 0) is 30.0 Å². The molecule has 0 amide bonds. The van der Waals surface area contributed by atoms with Gasteiger partial charge in [0.15, 0.2) is 0 Å². The quantitative estimate of drug-likeness (QED) is 0.768. The van der Waals surface area contributed by atoms with Crippen molar-refractivity contribution in [3.8, 4) is 5.75 Å². The van der Waals surface area contributed by atoms with Crippen molar-refractivity contribution >= 4 is 0 Å². The second-order valence-corrected chi connectivity index (χ2v) is 5.15. The molecule has 0 spiro atoms. The Hall–Kier alpha value is -1.12. The fraction of sp³-hybridized carbons (Fsp3) is 0.571. The van der Waals surface area contributed by atoms with Gasteiger partial charge in [-0.2, -0.15) is 0 Å². The Kier molecular flexibility index (Phi) is 3.11. The van der Waals surface area contributed by atoms with Crippen LogP contribution in [-0.2, 0) is 0 Å². The van der Waals surface area contributed by atoms with Crippen molar-refractivity contribution in [3.05, 3.63) is 29.3 Å². The van der Waals surface area contributed by atoms with Crippen molar-refractivity contribution in [2.75, 3.05) is 6.61 Å². The molecule has 0 aromatic heterocycles. The second kappa shape index (κ2) is 4.28. The number of aryl methyl sites for hydroxylation is 1. The number of ether oxygens (including phenoxy) is 1. The average molecular weight is 240 g/mol. The highest BCUT2D eigenvalue weighted by atomic mass is 19.3. The van der Waals surface area contributed by atoms with Crippen molar-refractivity contribution in [1.82, 2.24) is 0 Å². The van der Waals surface area contributed by atoms with E-state index in [-0.39, 0.29) is 13.0 Å². The van der Waals surface area contributed by atoms with Crippen LogP contribution in [-0.4, -0.2) is 12.5 Å². The molecular formula is C14H18F2O. The molecule has 1 aliphatic rings. The zero-order valence-corrected chi connectivity index (χ0v) is 10.5. The Bertz CT molecular complexity index is 413. The molecule has 1 saturated carbocycles. The summed E-state index contributed by atoms with van der Waals surface area (Å²) in [5.74, 6) is -1.90. The molecule has 0 radical (unpaired) electrons. The maximum atomic E-state index is 12.7. The molecule has 0 bridgehead atoms. The maximum Gasteiger partial charge on any atom is 0.255 e. The number of hydrogen-bond acceptors (Lipinski definition) is 1. The smallest absolute Gasteiger partial charge is 0.255 e. The number of alkyl halides is 2. The zero-order valence-electron chi connectivity index (χ0n) is 10.5.